The highest BCUT2D eigenvalue weighted by Crippen LogP contribution is 2.24. The fraction of sp³-hybridized carbons (Fsp3) is 0.333. The van der Waals surface area contributed by atoms with E-state index in [9.17, 15) is 9.59 Å². The van der Waals surface area contributed by atoms with Crippen molar-refractivity contribution in [1.29, 1.82) is 0 Å². The molecule has 1 aromatic heterocycles. The molecule has 172 valence electrons. The summed E-state index contributed by atoms with van der Waals surface area (Å²) in [6, 6.07) is 13.5. The molecule has 0 bridgehead atoms. The van der Waals surface area contributed by atoms with E-state index < -0.39 is 0 Å². The molecule has 2 amide bonds. The average molecular weight is 465 g/mol. The number of carbonyl (C=O) groups is 2. The number of aromatic nitrogens is 3. The Kier molecular flexibility index (Phi) is 6.98. The Balaban J connectivity index is 1.33. The van der Waals surface area contributed by atoms with Crippen molar-refractivity contribution in [2.75, 3.05) is 42.1 Å². The Bertz CT molecular complexity index is 1150. The SMILES string of the molecule is Cc1cccc(N2CCN(C(=O)c3cccc(NC(=O)CSc4nncn4C)c3)CC2)c1C. The minimum absolute atomic E-state index is 0.0137. The van der Waals surface area contributed by atoms with Gasteiger partial charge < -0.3 is 19.7 Å². The van der Waals surface area contributed by atoms with E-state index in [4.69, 9.17) is 0 Å². The third-order valence-electron chi connectivity index (χ3n) is 5.88. The van der Waals surface area contributed by atoms with Crippen molar-refractivity contribution in [3.05, 3.63) is 65.5 Å². The van der Waals surface area contributed by atoms with Gasteiger partial charge in [-0.3, -0.25) is 9.59 Å². The first-order valence-electron chi connectivity index (χ1n) is 10.9. The number of piperazine rings is 1. The van der Waals surface area contributed by atoms with Gasteiger partial charge in [-0.05, 0) is 49.2 Å². The Morgan fingerprint density at radius 1 is 1.06 bits per heavy atom. The number of amides is 2. The van der Waals surface area contributed by atoms with E-state index in [1.54, 1.807) is 35.2 Å². The molecule has 2 aromatic carbocycles. The molecule has 1 saturated heterocycles. The molecule has 33 heavy (non-hydrogen) atoms. The summed E-state index contributed by atoms with van der Waals surface area (Å²) in [7, 11) is 1.83. The molecule has 0 saturated carbocycles. The molecule has 3 aromatic rings. The van der Waals surface area contributed by atoms with Crippen molar-refractivity contribution < 1.29 is 9.59 Å². The summed E-state index contributed by atoms with van der Waals surface area (Å²) in [5.41, 5.74) is 5.00. The highest BCUT2D eigenvalue weighted by Gasteiger charge is 2.23. The number of thioether (sulfide) groups is 1. The molecule has 0 spiro atoms. The fourth-order valence-electron chi connectivity index (χ4n) is 3.87. The minimum Gasteiger partial charge on any atom is -0.368 e. The van der Waals surface area contributed by atoms with Gasteiger partial charge in [0.2, 0.25) is 5.91 Å². The number of nitrogens with one attached hydrogen (secondary N) is 1. The van der Waals surface area contributed by atoms with E-state index in [1.807, 2.05) is 11.9 Å². The van der Waals surface area contributed by atoms with Crippen LogP contribution in [0.15, 0.2) is 53.9 Å². The Labute approximate surface area is 198 Å². The summed E-state index contributed by atoms with van der Waals surface area (Å²) in [4.78, 5) is 29.7. The van der Waals surface area contributed by atoms with E-state index in [-0.39, 0.29) is 17.6 Å². The maximum Gasteiger partial charge on any atom is 0.254 e. The van der Waals surface area contributed by atoms with Crippen LogP contribution < -0.4 is 10.2 Å². The summed E-state index contributed by atoms with van der Waals surface area (Å²) in [6.45, 7) is 7.19. The maximum absolute atomic E-state index is 13.1. The molecule has 1 fully saturated rings. The number of benzene rings is 2. The zero-order valence-corrected chi connectivity index (χ0v) is 19.9. The minimum atomic E-state index is -0.158. The molecule has 1 aliphatic heterocycles. The van der Waals surface area contributed by atoms with Crippen molar-refractivity contribution in [3.8, 4) is 0 Å². The maximum atomic E-state index is 13.1. The lowest BCUT2D eigenvalue weighted by Crippen LogP contribution is -2.49. The van der Waals surface area contributed by atoms with Crippen LogP contribution in [0.5, 0.6) is 0 Å². The monoisotopic (exact) mass is 464 g/mol. The van der Waals surface area contributed by atoms with Crippen molar-refractivity contribution in [2.24, 2.45) is 7.05 Å². The number of hydrogen-bond acceptors (Lipinski definition) is 6. The summed E-state index contributed by atoms with van der Waals surface area (Å²) < 4.78 is 1.76. The highest BCUT2D eigenvalue weighted by atomic mass is 32.2. The van der Waals surface area contributed by atoms with Crippen LogP contribution in [0.25, 0.3) is 0 Å². The topological polar surface area (TPSA) is 83.4 Å². The van der Waals surface area contributed by atoms with Crippen LogP contribution in [0.4, 0.5) is 11.4 Å². The summed E-state index contributed by atoms with van der Waals surface area (Å²) in [5.74, 6) is 0.0420. The van der Waals surface area contributed by atoms with Gasteiger partial charge in [0.1, 0.15) is 6.33 Å². The van der Waals surface area contributed by atoms with Crippen LogP contribution in [0.1, 0.15) is 21.5 Å². The second-order valence-corrected chi connectivity index (χ2v) is 9.08. The van der Waals surface area contributed by atoms with Gasteiger partial charge in [0.05, 0.1) is 5.75 Å². The van der Waals surface area contributed by atoms with Crippen LogP contribution in [0.2, 0.25) is 0 Å². The van der Waals surface area contributed by atoms with Crippen molar-refractivity contribution in [1.82, 2.24) is 19.7 Å². The second kappa shape index (κ2) is 10.1. The van der Waals surface area contributed by atoms with Gasteiger partial charge in [0.15, 0.2) is 5.16 Å². The molecule has 9 heteroatoms. The average Bonchev–Trinajstić information content (AvgIpc) is 3.24. The van der Waals surface area contributed by atoms with Gasteiger partial charge in [-0.25, -0.2) is 0 Å². The molecular weight excluding hydrogens is 436 g/mol. The van der Waals surface area contributed by atoms with E-state index in [0.717, 1.165) is 13.1 Å². The lowest BCUT2D eigenvalue weighted by atomic mass is 10.1. The molecule has 0 radical (unpaired) electrons. The largest absolute Gasteiger partial charge is 0.368 e. The first kappa shape index (κ1) is 22.8. The van der Waals surface area contributed by atoms with E-state index in [1.165, 1.54) is 28.6 Å². The molecule has 2 heterocycles. The molecule has 1 aliphatic rings. The molecule has 8 nitrogen and oxygen atoms in total. The number of anilines is 2. The Morgan fingerprint density at radius 3 is 2.55 bits per heavy atom. The van der Waals surface area contributed by atoms with E-state index in [2.05, 4.69) is 52.5 Å². The third-order valence-corrected chi connectivity index (χ3v) is 6.91. The molecular formula is C24H28N6O2S. The number of carbonyl (C=O) groups excluding carboxylic acids is 2. The molecule has 1 N–H and O–H groups in total. The van der Waals surface area contributed by atoms with Crippen molar-refractivity contribution in [2.45, 2.75) is 19.0 Å². The summed E-state index contributed by atoms with van der Waals surface area (Å²) in [6.07, 6.45) is 1.59. The van der Waals surface area contributed by atoms with Crippen LogP contribution in [0.3, 0.4) is 0 Å². The van der Waals surface area contributed by atoms with E-state index in [0.29, 0.717) is 29.5 Å². The van der Waals surface area contributed by atoms with Crippen LogP contribution in [-0.2, 0) is 11.8 Å². The highest BCUT2D eigenvalue weighted by molar-refractivity contribution is 7.99. The van der Waals surface area contributed by atoms with Crippen LogP contribution in [-0.4, -0.2) is 63.4 Å². The van der Waals surface area contributed by atoms with Crippen LogP contribution >= 0.6 is 11.8 Å². The second-order valence-electron chi connectivity index (χ2n) is 8.14. The smallest absolute Gasteiger partial charge is 0.254 e. The molecule has 0 aliphatic carbocycles. The Morgan fingerprint density at radius 2 is 1.82 bits per heavy atom. The number of nitrogens with zero attached hydrogens (tertiary/aromatic N) is 5. The zero-order chi connectivity index (χ0) is 23.4. The van der Waals surface area contributed by atoms with Gasteiger partial charge in [-0.2, -0.15) is 0 Å². The van der Waals surface area contributed by atoms with Gasteiger partial charge >= 0.3 is 0 Å². The third kappa shape index (κ3) is 5.36. The lowest BCUT2D eigenvalue weighted by molar-refractivity contribution is -0.113. The summed E-state index contributed by atoms with van der Waals surface area (Å²) in [5, 5.41) is 11.3. The molecule has 0 atom stereocenters. The zero-order valence-electron chi connectivity index (χ0n) is 19.1. The molecule has 4 rings (SSSR count). The van der Waals surface area contributed by atoms with Gasteiger partial charge in [-0.15, -0.1) is 10.2 Å². The Hall–Kier alpha value is -3.33. The number of aryl methyl sites for hydroxylation is 2. The number of hydrogen-bond donors (Lipinski definition) is 1. The first-order chi connectivity index (χ1) is 15.9. The standard InChI is InChI=1S/C24H28N6O2S/c1-17-6-4-9-21(18(17)2)29-10-12-30(13-11-29)23(32)19-7-5-8-20(14-19)26-22(31)15-33-24-27-25-16-28(24)3/h4-9,14,16H,10-13,15H2,1-3H3,(H,26,31). The lowest BCUT2D eigenvalue weighted by Gasteiger charge is -2.37. The van der Waals surface area contributed by atoms with Gasteiger partial charge in [0, 0.05) is 50.2 Å². The van der Waals surface area contributed by atoms with Crippen molar-refractivity contribution >= 4 is 35.0 Å². The predicted molar refractivity (Wildman–Crippen MR) is 131 cm³/mol. The fourth-order valence-corrected chi connectivity index (χ4v) is 4.56. The van der Waals surface area contributed by atoms with Crippen molar-refractivity contribution in [3.63, 3.8) is 0 Å². The predicted octanol–water partition coefficient (Wildman–Crippen LogP) is 3.13. The summed E-state index contributed by atoms with van der Waals surface area (Å²) >= 11 is 1.31. The first-order valence-corrected chi connectivity index (χ1v) is 11.9. The van der Waals surface area contributed by atoms with E-state index >= 15 is 0 Å². The molecule has 0 unspecified atom stereocenters. The number of rotatable bonds is 6. The van der Waals surface area contributed by atoms with Gasteiger partial charge in [0.25, 0.3) is 5.91 Å². The van der Waals surface area contributed by atoms with Crippen LogP contribution in [0, 0.1) is 13.8 Å². The van der Waals surface area contributed by atoms with Gasteiger partial charge in [-0.1, -0.05) is 30.0 Å². The quantitative estimate of drug-likeness (QED) is 0.565. The normalized spacial score (nSPS) is 13.8.